The molecule has 1 fully saturated rings. The van der Waals surface area contributed by atoms with Crippen molar-refractivity contribution in [1.82, 2.24) is 4.90 Å². The normalized spacial score (nSPS) is 25.8. The van der Waals surface area contributed by atoms with Crippen molar-refractivity contribution in [2.45, 2.75) is 18.6 Å². The molecule has 0 aromatic heterocycles. The van der Waals surface area contributed by atoms with Crippen molar-refractivity contribution in [3.63, 3.8) is 0 Å². The summed E-state index contributed by atoms with van der Waals surface area (Å²) < 4.78 is 0. The van der Waals surface area contributed by atoms with Crippen molar-refractivity contribution < 1.29 is 15.0 Å². The number of benzene rings is 1. The Bertz CT molecular complexity index is 379. The number of likely N-dealkylation sites (tertiary alicyclic amines) is 1. The van der Waals surface area contributed by atoms with Crippen LogP contribution in [0.1, 0.15) is 12.0 Å². The lowest BCUT2D eigenvalue weighted by Gasteiger charge is -2.18. The highest BCUT2D eigenvalue weighted by atomic mass is 16.4. The summed E-state index contributed by atoms with van der Waals surface area (Å²) in [5.41, 5.74) is -0.424. The average molecular weight is 221 g/mol. The maximum absolute atomic E-state index is 10.8. The third-order valence-corrected chi connectivity index (χ3v) is 2.97. The van der Waals surface area contributed by atoms with Crippen LogP contribution in [-0.4, -0.2) is 39.8 Å². The topological polar surface area (TPSA) is 60.8 Å². The zero-order chi connectivity index (χ0) is 11.6. The Balaban J connectivity index is 1.98. The standard InChI is InChI=1S/C12H15NO3/c14-11(15)12(16)6-7-13(9-12)8-10-4-2-1-3-5-10/h1-5,16H,6-9H2,(H,14,15)/t12-/m1/s1. The number of aliphatic hydroxyl groups is 1. The fourth-order valence-corrected chi connectivity index (χ4v) is 2.02. The second-order valence-electron chi connectivity index (χ2n) is 4.28. The van der Waals surface area contributed by atoms with Crippen LogP contribution in [-0.2, 0) is 11.3 Å². The molecule has 0 aliphatic carbocycles. The van der Waals surface area contributed by atoms with Crippen LogP contribution in [0.4, 0.5) is 0 Å². The summed E-state index contributed by atoms with van der Waals surface area (Å²) in [5, 5.41) is 18.7. The van der Waals surface area contributed by atoms with Crippen molar-refractivity contribution in [3.05, 3.63) is 35.9 Å². The molecule has 2 N–H and O–H groups in total. The molecule has 1 aromatic carbocycles. The molecule has 1 heterocycles. The number of carbonyl (C=O) groups is 1. The molecule has 0 saturated carbocycles. The summed E-state index contributed by atoms with van der Waals surface area (Å²) in [6.07, 6.45) is 0.301. The van der Waals surface area contributed by atoms with Crippen LogP contribution in [0.3, 0.4) is 0 Å². The van der Waals surface area contributed by atoms with Crippen molar-refractivity contribution in [2.75, 3.05) is 13.1 Å². The van der Waals surface area contributed by atoms with E-state index in [-0.39, 0.29) is 6.54 Å². The summed E-state index contributed by atoms with van der Waals surface area (Å²) in [7, 11) is 0. The van der Waals surface area contributed by atoms with Crippen molar-refractivity contribution in [3.8, 4) is 0 Å². The molecule has 1 atom stereocenters. The highest BCUT2D eigenvalue weighted by molar-refractivity contribution is 5.77. The molecule has 0 radical (unpaired) electrons. The molecule has 86 valence electrons. The zero-order valence-electron chi connectivity index (χ0n) is 8.97. The van der Waals surface area contributed by atoms with Gasteiger partial charge in [-0.25, -0.2) is 4.79 Å². The molecule has 0 spiro atoms. The van der Waals surface area contributed by atoms with Gasteiger partial charge in [0.15, 0.2) is 5.60 Å². The lowest BCUT2D eigenvalue weighted by atomic mass is 10.0. The minimum Gasteiger partial charge on any atom is -0.479 e. The van der Waals surface area contributed by atoms with E-state index in [1.54, 1.807) is 0 Å². The molecule has 4 nitrogen and oxygen atoms in total. The van der Waals surface area contributed by atoms with Crippen LogP contribution >= 0.6 is 0 Å². The van der Waals surface area contributed by atoms with E-state index < -0.39 is 11.6 Å². The number of carboxylic acids is 1. The first-order valence-corrected chi connectivity index (χ1v) is 5.32. The number of β-amino-alcohol motifs (C(OH)–C–C–N with tert-alkyl or cyclic N) is 1. The number of nitrogens with zero attached hydrogens (tertiary/aromatic N) is 1. The molecule has 4 heteroatoms. The van der Waals surface area contributed by atoms with Gasteiger partial charge in [0, 0.05) is 26.1 Å². The first-order chi connectivity index (χ1) is 7.60. The third kappa shape index (κ3) is 2.23. The quantitative estimate of drug-likeness (QED) is 0.789. The van der Waals surface area contributed by atoms with E-state index in [0.29, 0.717) is 19.5 Å². The monoisotopic (exact) mass is 221 g/mol. The van der Waals surface area contributed by atoms with Crippen LogP contribution in [0.5, 0.6) is 0 Å². The number of aliphatic carboxylic acids is 1. The van der Waals surface area contributed by atoms with Gasteiger partial charge in [0.1, 0.15) is 0 Å². The minimum absolute atomic E-state index is 0.206. The molecule has 0 amide bonds. The Morgan fingerprint density at radius 1 is 1.38 bits per heavy atom. The van der Waals surface area contributed by atoms with Gasteiger partial charge < -0.3 is 10.2 Å². The predicted octanol–water partition coefficient (Wildman–Crippen LogP) is 0.708. The summed E-state index contributed by atoms with van der Waals surface area (Å²) in [6, 6.07) is 9.85. The molecule has 0 bridgehead atoms. The number of rotatable bonds is 3. The molecule has 1 aliphatic heterocycles. The maximum Gasteiger partial charge on any atom is 0.337 e. The number of hydrogen-bond donors (Lipinski definition) is 2. The molecular formula is C12H15NO3. The summed E-state index contributed by atoms with van der Waals surface area (Å²) in [4.78, 5) is 12.8. The lowest BCUT2D eigenvalue weighted by molar-refractivity contribution is -0.157. The van der Waals surface area contributed by atoms with Gasteiger partial charge in [-0.2, -0.15) is 0 Å². The van der Waals surface area contributed by atoms with E-state index in [4.69, 9.17) is 5.11 Å². The average Bonchev–Trinajstić information content (AvgIpc) is 2.63. The molecule has 1 aromatic rings. The van der Waals surface area contributed by atoms with Gasteiger partial charge in [0.25, 0.3) is 0 Å². The second-order valence-corrected chi connectivity index (χ2v) is 4.28. The van der Waals surface area contributed by atoms with Gasteiger partial charge in [-0.3, -0.25) is 4.90 Å². The first-order valence-electron chi connectivity index (χ1n) is 5.32. The SMILES string of the molecule is O=C(O)[C@@]1(O)CCN(Cc2ccccc2)C1. The predicted molar refractivity (Wildman–Crippen MR) is 58.9 cm³/mol. The fraction of sp³-hybridized carbons (Fsp3) is 0.417. The second kappa shape index (κ2) is 4.23. The van der Waals surface area contributed by atoms with Gasteiger partial charge in [-0.1, -0.05) is 30.3 Å². The summed E-state index contributed by atoms with van der Waals surface area (Å²) in [6.45, 7) is 1.52. The van der Waals surface area contributed by atoms with Gasteiger partial charge in [0.05, 0.1) is 0 Å². The van der Waals surface area contributed by atoms with Gasteiger partial charge in [-0.15, -0.1) is 0 Å². The largest absolute Gasteiger partial charge is 0.479 e. The molecule has 16 heavy (non-hydrogen) atoms. The fourth-order valence-electron chi connectivity index (χ4n) is 2.02. The number of hydrogen-bond acceptors (Lipinski definition) is 3. The third-order valence-electron chi connectivity index (χ3n) is 2.97. The maximum atomic E-state index is 10.8. The van der Waals surface area contributed by atoms with Crippen LogP contribution < -0.4 is 0 Å². The Hall–Kier alpha value is -1.39. The molecule has 2 rings (SSSR count). The van der Waals surface area contributed by atoms with E-state index in [2.05, 4.69) is 0 Å². The van der Waals surface area contributed by atoms with Crippen LogP contribution in [0, 0.1) is 0 Å². The van der Waals surface area contributed by atoms with Crippen molar-refractivity contribution in [1.29, 1.82) is 0 Å². The summed E-state index contributed by atoms with van der Waals surface area (Å²) in [5.74, 6) is -1.12. The van der Waals surface area contributed by atoms with E-state index in [9.17, 15) is 9.90 Å². The Labute approximate surface area is 94.1 Å². The van der Waals surface area contributed by atoms with Crippen LogP contribution in [0.2, 0.25) is 0 Å². The molecule has 0 unspecified atom stereocenters. The molecule has 1 saturated heterocycles. The van der Waals surface area contributed by atoms with E-state index in [0.717, 1.165) is 5.56 Å². The highest BCUT2D eigenvalue weighted by Gasteiger charge is 2.42. The summed E-state index contributed by atoms with van der Waals surface area (Å²) >= 11 is 0. The Morgan fingerprint density at radius 2 is 2.06 bits per heavy atom. The van der Waals surface area contributed by atoms with Crippen LogP contribution in [0.25, 0.3) is 0 Å². The van der Waals surface area contributed by atoms with E-state index in [1.165, 1.54) is 0 Å². The Morgan fingerprint density at radius 3 is 2.62 bits per heavy atom. The lowest BCUT2D eigenvalue weighted by Crippen LogP contribution is -2.41. The van der Waals surface area contributed by atoms with Crippen molar-refractivity contribution in [2.24, 2.45) is 0 Å². The zero-order valence-corrected chi connectivity index (χ0v) is 8.97. The first kappa shape index (κ1) is 11.1. The Kier molecular flexibility index (Phi) is 2.94. The van der Waals surface area contributed by atoms with Gasteiger partial charge in [-0.05, 0) is 5.56 Å². The van der Waals surface area contributed by atoms with Crippen LogP contribution in [0.15, 0.2) is 30.3 Å². The molecular weight excluding hydrogens is 206 g/mol. The highest BCUT2D eigenvalue weighted by Crippen LogP contribution is 2.22. The van der Waals surface area contributed by atoms with Crippen molar-refractivity contribution >= 4 is 5.97 Å². The minimum atomic E-state index is -1.56. The van der Waals surface area contributed by atoms with Gasteiger partial charge in [0.2, 0.25) is 0 Å². The number of carboxylic acid groups (broad SMARTS) is 1. The smallest absolute Gasteiger partial charge is 0.337 e. The van der Waals surface area contributed by atoms with Gasteiger partial charge >= 0.3 is 5.97 Å². The van der Waals surface area contributed by atoms with E-state index >= 15 is 0 Å². The molecule has 1 aliphatic rings. The van der Waals surface area contributed by atoms with E-state index in [1.807, 2.05) is 35.2 Å².